The van der Waals surface area contributed by atoms with E-state index in [1.807, 2.05) is 24.3 Å². The maximum absolute atomic E-state index is 13.5. The highest BCUT2D eigenvalue weighted by Gasteiger charge is 2.55. The molecule has 5 heteroatoms. The van der Waals surface area contributed by atoms with Crippen molar-refractivity contribution in [3.05, 3.63) is 65.7 Å². The van der Waals surface area contributed by atoms with Gasteiger partial charge < -0.3 is 19.9 Å². The first-order chi connectivity index (χ1) is 15.2. The molecule has 0 aromatic heterocycles. The summed E-state index contributed by atoms with van der Waals surface area (Å²) in [4.78, 5) is 18.7. The first-order valence-corrected chi connectivity index (χ1v) is 11.7. The maximum Gasteiger partial charge on any atom is 0.255 e. The Morgan fingerprint density at radius 2 is 1.71 bits per heavy atom. The van der Waals surface area contributed by atoms with Gasteiger partial charge in [0.2, 0.25) is 0 Å². The van der Waals surface area contributed by atoms with Gasteiger partial charge in [-0.1, -0.05) is 55.8 Å². The average Bonchev–Trinajstić information content (AvgIpc) is 3.05. The Morgan fingerprint density at radius 3 is 2.42 bits per heavy atom. The van der Waals surface area contributed by atoms with Gasteiger partial charge in [-0.05, 0) is 24.1 Å². The molecule has 0 aliphatic carbocycles. The molecule has 2 unspecified atom stereocenters. The van der Waals surface area contributed by atoms with E-state index in [2.05, 4.69) is 52.4 Å². The summed E-state index contributed by atoms with van der Waals surface area (Å²) >= 11 is 0. The highest BCUT2D eigenvalue weighted by Crippen LogP contribution is 2.43. The zero-order chi connectivity index (χ0) is 21.3. The van der Waals surface area contributed by atoms with Crippen molar-refractivity contribution in [2.75, 3.05) is 45.9 Å². The van der Waals surface area contributed by atoms with E-state index in [0.29, 0.717) is 23.8 Å². The lowest BCUT2D eigenvalue weighted by Gasteiger charge is -2.55. The van der Waals surface area contributed by atoms with Gasteiger partial charge in [-0.3, -0.25) is 4.79 Å². The van der Waals surface area contributed by atoms with Gasteiger partial charge in [0.25, 0.3) is 5.91 Å². The summed E-state index contributed by atoms with van der Waals surface area (Å²) in [5.74, 6) is 1.11. The normalized spacial score (nSPS) is 31.3. The quantitative estimate of drug-likeness (QED) is 0.701. The molecule has 0 saturated carbocycles. The lowest BCUT2D eigenvalue weighted by molar-refractivity contribution is 0.0180. The molecule has 4 saturated heterocycles. The number of rotatable bonds is 7. The van der Waals surface area contributed by atoms with Gasteiger partial charge >= 0.3 is 0 Å². The van der Waals surface area contributed by atoms with E-state index < -0.39 is 0 Å². The number of amides is 1. The van der Waals surface area contributed by atoms with E-state index in [1.54, 1.807) is 0 Å². The molecular weight excluding hydrogens is 386 g/mol. The van der Waals surface area contributed by atoms with Gasteiger partial charge in [-0.2, -0.15) is 0 Å². The van der Waals surface area contributed by atoms with Crippen molar-refractivity contribution >= 4 is 5.91 Å². The molecule has 2 aromatic rings. The molecule has 1 N–H and O–H groups in total. The summed E-state index contributed by atoms with van der Waals surface area (Å²) in [7, 11) is 0. The number of hydrogen-bond donors (Lipinski definition) is 1. The van der Waals surface area contributed by atoms with Crippen molar-refractivity contribution in [3.63, 3.8) is 0 Å². The smallest absolute Gasteiger partial charge is 0.255 e. The van der Waals surface area contributed by atoms with Gasteiger partial charge in [0.1, 0.15) is 5.75 Å². The second-order valence-electron chi connectivity index (χ2n) is 9.40. The van der Waals surface area contributed by atoms with Crippen LogP contribution >= 0.6 is 0 Å². The average molecular weight is 420 g/mol. The summed E-state index contributed by atoms with van der Waals surface area (Å²) in [6.45, 7) is 9.17. The Kier molecular flexibility index (Phi) is 5.72. The third-order valence-corrected chi connectivity index (χ3v) is 7.32. The van der Waals surface area contributed by atoms with Gasteiger partial charge in [-0.25, -0.2) is 0 Å². The number of fused-ring (bicyclic) bond motifs is 1. The van der Waals surface area contributed by atoms with Crippen molar-refractivity contribution in [1.82, 2.24) is 15.1 Å². The Morgan fingerprint density at radius 1 is 1.03 bits per heavy atom. The van der Waals surface area contributed by atoms with E-state index in [-0.39, 0.29) is 17.4 Å². The maximum atomic E-state index is 13.5. The van der Waals surface area contributed by atoms with Crippen LogP contribution in [0.2, 0.25) is 0 Å². The molecule has 3 atom stereocenters. The summed E-state index contributed by atoms with van der Waals surface area (Å²) in [6.07, 6.45) is 2.06. The van der Waals surface area contributed by atoms with Crippen LogP contribution in [-0.4, -0.2) is 67.6 Å². The van der Waals surface area contributed by atoms with Crippen LogP contribution in [-0.2, 0) is 5.41 Å². The van der Waals surface area contributed by atoms with E-state index in [9.17, 15) is 4.79 Å². The van der Waals surface area contributed by atoms with Crippen LogP contribution < -0.4 is 10.1 Å². The molecule has 4 aliphatic rings. The fraction of sp³-hybridized carbons (Fsp3) is 0.500. The number of benzene rings is 2. The van der Waals surface area contributed by atoms with E-state index in [1.165, 1.54) is 5.56 Å². The summed E-state index contributed by atoms with van der Waals surface area (Å²) in [6, 6.07) is 18.6. The minimum atomic E-state index is -0.0768. The number of para-hydroxylation sites is 1. The van der Waals surface area contributed by atoms with Crippen LogP contribution in [0.25, 0.3) is 0 Å². The molecular formula is C26H33N3O2. The molecule has 4 aliphatic heterocycles. The lowest BCUT2D eigenvalue weighted by Crippen LogP contribution is -2.70. The van der Waals surface area contributed by atoms with Crippen molar-refractivity contribution < 1.29 is 9.53 Å². The number of carbonyl (C=O) groups is 1. The minimum absolute atomic E-state index is 0.0106. The van der Waals surface area contributed by atoms with Crippen molar-refractivity contribution in [2.45, 2.75) is 31.2 Å². The minimum Gasteiger partial charge on any atom is -0.493 e. The zero-order valence-electron chi connectivity index (χ0n) is 18.4. The SMILES string of the molecule is CCCCOc1ccccc1C(=O)N[C@H]1C2CN3CCN(C2)CC1(c1ccccc1)C3. The third-order valence-electron chi connectivity index (χ3n) is 7.32. The monoisotopic (exact) mass is 419 g/mol. The molecule has 4 fully saturated rings. The molecule has 0 radical (unpaired) electrons. The molecule has 31 heavy (non-hydrogen) atoms. The first kappa shape index (κ1) is 20.5. The highest BCUT2D eigenvalue weighted by atomic mass is 16.5. The highest BCUT2D eigenvalue weighted by molar-refractivity contribution is 5.97. The molecule has 4 heterocycles. The predicted molar refractivity (Wildman–Crippen MR) is 123 cm³/mol. The molecule has 5 nitrogen and oxygen atoms in total. The molecule has 0 spiro atoms. The largest absolute Gasteiger partial charge is 0.493 e. The molecule has 1 amide bonds. The van der Waals surface area contributed by atoms with Crippen LogP contribution in [0.3, 0.4) is 0 Å². The van der Waals surface area contributed by atoms with Gasteiger partial charge in [0.15, 0.2) is 0 Å². The number of hydrogen-bond acceptors (Lipinski definition) is 4. The molecule has 2 aromatic carbocycles. The van der Waals surface area contributed by atoms with Gasteiger partial charge in [-0.15, -0.1) is 0 Å². The van der Waals surface area contributed by atoms with Crippen LogP contribution in [0.15, 0.2) is 54.6 Å². The van der Waals surface area contributed by atoms with E-state index in [4.69, 9.17) is 4.74 Å². The second kappa shape index (κ2) is 8.64. The summed E-state index contributed by atoms with van der Waals surface area (Å²) in [5, 5.41) is 3.50. The lowest BCUT2D eigenvalue weighted by atomic mass is 9.64. The van der Waals surface area contributed by atoms with E-state index >= 15 is 0 Å². The van der Waals surface area contributed by atoms with Crippen molar-refractivity contribution in [2.24, 2.45) is 5.92 Å². The Bertz CT molecular complexity index is 900. The van der Waals surface area contributed by atoms with Gasteiger partial charge in [0, 0.05) is 56.6 Å². The van der Waals surface area contributed by atoms with Crippen molar-refractivity contribution in [1.29, 1.82) is 0 Å². The molecule has 6 rings (SSSR count). The number of nitrogens with zero attached hydrogens (tertiary/aromatic N) is 2. The number of piperidine rings is 2. The van der Waals surface area contributed by atoms with Crippen molar-refractivity contribution in [3.8, 4) is 5.75 Å². The number of carbonyl (C=O) groups excluding carboxylic acids is 1. The Balaban J connectivity index is 1.45. The fourth-order valence-corrected chi connectivity index (χ4v) is 5.89. The van der Waals surface area contributed by atoms with Crippen LogP contribution in [0.5, 0.6) is 5.75 Å². The van der Waals surface area contributed by atoms with E-state index in [0.717, 1.165) is 52.1 Å². The van der Waals surface area contributed by atoms with Crippen LogP contribution in [0.1, 0.15) is 35.7 Å². The number of ether oxygens (including phenoxy) is 1. The summed E-state index contributed by atoms with van der Waals surface area (Å²) < 4.78 is 5.96. The predicted octanol–water partition coefficient (Wildman–Crippen LogP) is 3.16. The second-order valence-corrected chi connectivity index (χ2v) is 9.40. The van der Waals surface area contributed by atoms with Gasteiger partial charge in [0.05, 0.1) is 12.2 Å². The number of unbranched alkanes of at least 4 members (excludes halogenated alkanes) is 1. The third kappa shape index (κ3) is 3.85. The molecule has 164 valence electrons. The van der Waals surface area contributed by atoms with Crippen LogP contribution in [0, 0.1) is 5.92 Å². The number of nitrogens with one attached hydrogen (secondary N) is 1. The fourth-order valence-electron chi connectivity index (χ4n) is 5.89. The standard InChI is InChI=1S/C26H33N3O2/c1-2-3-15-31-23-12-8-7-11-22(23)25(30)27-24-20-16-28-13-14-29(17-20)19-26(24,18-28)21-9-5-4-6-10-21/h4-12,20,24H,2-3,13-19H2,1H3,(H,27,30)/t20?,24-,26?/m0/s1. The zero-order valence-corrected chi connectivity index (χ0v) is 18.4. The molecule has 4 bridgehead atoms. The van der Waals surface area contributed by atoms with Crippen LogP contribution in [0.4, 0.5) is 0 Å². The first-order valence-electron chi connectivity index (χ1n) is 11.7. The summed E-state index contributed by atoms with van der Waals surface area (Å²) in [5.41, 5.74) is 1.91. The topological polar surface area (TPSA) is 44.8 Å². The Labute approximate surface area is 185 Å². The Hall–Kier alpha value is -2.37.